The van der Waals surface area contributed by atoms with E-state index in [1.807, 2.05) is 36.4 Å². The Morgan fingerprint density at radius 2 is 2.00 bits per heavy atom. The molecule has 0 saturated heterocycles. The van der Waals surface area contributed by atoms with E-state index in [1.54, 1.807) is 6.26 Å². The van der Waals surface area contributed by atoms with E-state index in [1.165, 1.54) is 6.42 Å². The Balaban J connectivity index is 1.49. The molecule has 0 atom stereocenters. The van der Waals surface area contributed by atoms with Crippen molar-refractivity contribution in [2.24, 2.45) is 0 Å². The molecule has 2 aromatic heterocycles. The number of aromatic nitrogens is 3. The van der Waals surface area contributed by atoms with E-state index >= 15 is 0 Å². The predicted molar refractivity (Wildman–Crippen MR) is 92.9 cm³/mol. The molecule has 0 aliphatic carbocycles. The lowest BCUT2D eigenvalue weighted by Crippen LogP contribution is -2.25. The van der Waals surface area contributed by atoms with Crippen LogP contribution in [0.15, 0.2) is 47.1 Å². The minimum Gasteiger partial charge on any atom is -0.459 e. The first-order valence-electron chi connectivity index (χ1n) is 8.65. The lowest BCUT2D eigenvalue weighted by molar-refractivity contribution is 0.0922. The summed E-state index contributed by atoms with van der Waals surface area (Å²) in [5, 5.41) is 11.4. The third kappa shape index (κ3) is 3.20. The zero-order valence-corrected chi connectivity index (χ0v) is 13.9. The fourth-order valence-corrected chi connectivity index (χ4v) is 3.25. The average Bonchev–Trinajstić information content (AvgIpc) is 3.22. The number of hydrogen-bond acceptors (Lipinski definition) is 4. The van der Waals surface area contributed by atoms with Gasteiger partial charge in [-0.1, -0.05) is 36.8 Å². The number of carbonyl (C=O) groups is 1. The van der Waals surface area contributed by atoms with Crippen molar-refractivity contribution in [3.63, 3.8) is 0 Å². The predicted octanol–water partition coefficient (Wildman–Crippen LogP) is 3.19. The number of aryl methyl sites for hydroxylation is 1. The zero-order chi connectivity index (χ0) is 17.1. The van der Waals surface area contributed by atoms with Crippen LogP contribution in [-0.2, 0) is 19.5 Å². The van der Waals surface area contributed by atoms with Crippen molar-refractivity contribution in [2.45, 2.75) is 38.8 Å². The van der Waals surface area contributed by atoms with E-state index in [9.17, 15) is 4.79 Å². The second-order valence-electron chi connectivity index (χ2n) is 6.21. The van der Waals surface area contributed by atoms with Crippen LogP contribution in [0.25, 0.3) is 11.1 Å². The average molecular weight is 336 g/mol. The first-order valence-corrected chi connectivity index (χ1v) is 8.65. The molecular formula is C19H20N4O2. The molecule has 25 heavy (non-hydrogen) atoms. The highest BCUT2D eigenvalue weighted by molar-refractivity contribution is 5.98. The summed E-state index contributed by atoms with van der Waals surface area (Å²) in [6.07, 6.45) is 5.99. The molecule has 0 fully saturated rings. The molecule has 0 saturated carbocycles. The highest BCUT2D eigenvalue weighted by Crippen LogP contribution is 2.24. The molecular weight excluding hydrogens is 316 g/mol. The lowest BCUT2D eigenvalue weighted by Gasteiger charge is -2.08. The van der Waals surface area contributed by atoms with Crippen LogP contribution in [0.4, 0.5) is 0 Å². The molecule has 1 amide bonds. The van der Waals surface area contributed by atoms with Crippen molar-refractivity contribution in [3.05, 3.63) is 60.1 Å². The number of nitrogens with one attached hydrogen (secondary N) is 1. The van der Waals surface area contributed by atoms with Gasteiger partial charge in [0.15, 0.2) is 11.6 Å². The standard InChI is InChI=1S/C19H20N4O2/c24-19(18-15(10-12-25-18)14-7-3-1-4-8-14)20-13-17-22-21-16-9-5-2-6-11-23(16)17/h1,3-4,7-8,10,12H,2,5-6,9,11,13H2,(H,20,24). The summed E-state index contributed by atoms with van der Waals surface area (Å²) < 4.78 is 7.56. The van der Waals surface area contributed by atoms with Crippen LogP contribution < -0.4 is 5.32 Å². The van der Waals surface area contributed by atoms with Gasteiger partial charge in [-0.3, -0.25) is 4.79 Å². The Hall–Kier alpha value is -2.89. The van der Waals surface area contributed by atoms with E-state index in [-0.39, 0.29) is 5.91 Å². The van der Waals surface area contributed by atoms with E-state index < -0.39 is 0 Å². The summed E-state index contributed by atoms with van der Waals surface area (Å²) in [6, 6.07) is 11.6. The van der Waals surface area contributed by atoms with E-state index in [2.05, 4.69) is 20.1 Å². The number of hydrogen-bond donors (Lipinski definition) is 1. The molecule has 1 aliphatic rings. The van der Waals surface area contributed by atoms with Crippen molar-refractivity contribution in [2.75, 3.05) is 0 Å². The first-order chi connectivity index (χ1) is 12.3. The van der Waals surface area contributed by atoms with Gasteiger partial charge in [0, 0.05) is 18.5 Å². The van der Waals surface area contributed by atoms with Crippen LogP contribution in [-0.4, -0.2) is 20.7 Å². The maximum Gasteiger partial charge on any atom is 0.288 e. The normalized spacial score (nSPS) is 13.9. The molecule has 6 nitrogen and oxygen atoms in total. The minimum atomic E-state index is -0.241. The topological polar surface area (TPSA) is 73.0 Å². The largest absolute Gasteiger partial charge is 0.459 e. The molecule has 128 valence electrons. The molecule has 1 N–H and O–H groups in total. The fraction of sp³-hybridized carbons (Fsp3) is 0.316. The molecule has 6 heteroatoms. The number of amides is 1. The van der Waals surface area contributed by atoms with Crippen LogP contribution in [0.2, 0.25) is 0 Å². The molecule has 0 unspecified atom stereocenters. The number of carbonyl (C=O) groups excluding carboxylic acids is 1. The number of rotatable bonds is 4. The van der Waals surface area contributed by atoms with Gasteiger partial charge in [0.1, 0.15) is 5.82 Å². The van der Waals surface area contributed by atoms with Gasteiger partial charge in [-0.05, 0) is 24.5 Å². The van der Waals surface area contributed by atoms with Crippen LogP contribution in [0.5, 0.6) is 0 Å². The second-order valence-corrected chi connectivity index (χ2v) is 6.21. The zero-order valence-electron chi connectivity index (χ0n) is 13.9. The van der Waals surface area contributed by atoms with Crippen LogP contribution in [0.1, 0.15) is 41.5 Å². The van der Waals surface area contributed by atoms with Gasteiger partial charge in [0.05, 0.1) is 12.8 Å². The molecule has 3 heterocycles. The number of nitrogens with zero attached hydrogens (tertiary/aromatic N) is 3. The SMILES string of the molecule is O=C(NCc1nnc2n1CCCCC2)c1occc1-c1ccccc1. The van der Waals surface area contributed by atoms with E-state index in [0.29, 0.717) is 12.3 Å². The van der Waals surface area contributed by atoms with Crippen molar-refractivity contribution in [3.8, 4) is 11.1 Å². The van der Waals surface area contributed by atoms with Gasteiger partial charge in [-0.2, -0.15) is 0 Å². The maximum absolute atomic E-state index is 12.6. The molecule has 0 bridgehead atoms. The van der Waals surface area contributed by atoms with E-state index in [0.717, 1.165) is 48.6 Å². The van der Waals surface area contributed by atoms with Gasteiger partial charge < -0.3 is 14.3 Å². The lowest BCUT2D eigenvalue weighted by atomic mass is 10.1. The second kappa shape index (κ2) is 6.93. The third-order valence-corrected chi connectivity index (χ3v) is 4.55. The minimum absolute atomic E-state index is 0.241. The monoisotopic (exact) mass is 336 g/mol. The van der Waals surface area contributed by atoms with Crippen LogP contribution in [0, 0.1) is 0 Å². The Bertz CT molecular complexity index is 867. The van der Waals surface area contributed by atoms with Gasteiger partial charge in [-0.15, -0.1) is 10.2 Å². The van der Waals surface area contributed by atoms with Crippen molar-refractivity contribution >= 4 is 5.91 Å². The number of furan rings is 1. The quantitative estimate of drug-likeness (QED) is 0.794. The van der Waals surface area contributed by atoms with Gasteiger partial charge >= 0.3 is 0 Å². The summed E-state index contributed by atoms with van der Waals surface area (Å²) in [7, 11) is 0. The summed E-state index contributed by atoms with van der Waals surface area (Å²) in [6.45, 7) is 1.27. The Kier molecular flexibility index (Phi) is 4.33. The summed E-state index contributed by atoms with van der Waals surface area (Å²) >= 11 is 0. The Labute approximate surface area is 145 Å². The number of benzene rings is 1. The van der Waals surface area contributed by atoms with Crippen LogP contribution in [0.3, 0.4) is 0 Å². The summed E-state index contributed by atoms with van der Waals surface area (Å²) in [5.41, 5.74) is 1.75. The number of fused-ring (bicyclic) bond motifs is 1. The van der Waals surface area contributed by atoms with Crippen molar-refractivity contribution < 1.29 is 9.21 Å². The smallest absolute Gasteiger partial charge is 0.288 e. The van der Waals surface area contributed by atoms with Crippen LogP contribution >= 0.6 is 0 Å². The summed E-state index contributed by atoms with van der Waals surface area (Å²) in [4.78, 5) is 12.6. The molecule has 1 aliphatic heterocycles. The first kappa shape index (κ1) is 15.6. The molecule has 1 aromatic carbocycles. The van der Waals surface area contributed by atoms with Gasteiger partial charge in [0.2, 0.25) is 0 Å². The van der Waals surface area contributed by atoms with Crippen molar-refractivity contribution in [1.29, 1.82) is 0 Å². The fourth-order valence-electron chi connectivity index (χ4n) is 3.25. The third-order valence-electron chi connectivity index (χ3n) is 4.55. The van der Waals surface area contributed by atoms with E-state index in [4.69, 9.17) is 4.42 Å². The maximum atomic E-state index is 12.6. The highest BCUT2D eigenvalue weighted by Gasteiger charge is 2.19. The Morgan fingerprint density at radius 1 is 1.12 bits per heavy atom. The molecule has 0 radical (unpaired) electrons. The molecule has 0 spiro atoms. The highest BCUT2D eigenvalue weighted by atomic mass is 16.3. The van der Waals surface area contributed by atoms with Gasteiger partial charge in [-0.25, -0.2) is 0 Å². The molecule has 3 aromatic rings. The van der Waals surface area contributed by atoms with Gasteiger partial charge in [0.25, 0.3) is 5.91 Å². The Morgan fingerprint density at radius 3 is 2.88 bits per heavy atom. The summed E-state index contributed by atoms with van der Waals surface area (Å²) in [5.74, 6) is 1.90. The molecule has 4 rings (SSSR count). The van der Waals surface area contributed by atoms with Crippen molar-refractivity contribution in [1.82, 2.24) is 20.1 Å².